The minimum Gasteiger partial charge on any atom is -0.486 e. The summed E-state index contributed by atoms with van der Waals surface area (Å²) in [6.07, 6.45) is 1.66. The Morgan fingerprint density at radius 1 is 1.39 bits per heavy atom. The first-order chi connectivity index (χ1) is 8.58. The second-order valence-corrected chi connectivity index (χ2v) is 4.89. The number of ether oxygens (including phenoxy) is 2. The Labute approximate surface area is 114 Å². The maximum Gasteiger partial charge on any atom is 0.141 e. The Bertz CT molecular complexity index is 371. The molecule has 0 fully saturated rings. The van der Waals surface area contributed by atoms with Crippen LogP contribution in [0.2, 0.25) is 5.02 Å². The first-order valence-corrected chi connectivity index (χ1v) is 6.64. The molecule has 1 rings (SSSR count). The van der Waals surface area contributed by atoms with Crippen LogP contribution >= 0.6 is 11.6 Å². The Morgan fingerprint density at radius 2 is 2.11 bits per heavy atom. The van der Waals surface area contributed by atoms with E-state index in [1.807, 2.05) is 25.1 Å². The van der Waals surface area contributed by atoms with Gasteiger partial charge in [-0.2, -0.15) is 0 Å². The van der Waals surface area contributed by atoms with Crippen LogP contribution in [0, 0.1) is 0 Å². The molecule has 1 aromatic carbocycles. The van der Waals surface area contributed by atoms with Crippen molar-refractivity contribution in [3.05, 3.63) is 28.8 Å². The monoisotopic (exact) mass is 271 g/mol. The molecular formula is C14H22ClNO2. The average Bonchev–Trinajstić information content (AvgIpc) is 2.33. The number of benzene rings is 1. The SMILES string of the molecule is CCC(N)Cc1cccc(Cl)c1OC(C)COC. The second-order valence-electron chi connectivity index (χ2n) is 4.48. The van der Waals surface area contributed by atoms with Gasteiger partial charge in [0, 0.05) is 13.2 Å². The summed E-state index contributed by atoms with van der Waals surface area (Å²) in [6.45, 7) is 4.56. The van der Waals surface area contributed by atoms with Gasteiger partial charge in [0.1, 0.15) is 11.9 Å². The zero-order chi connectivity index (χ0) is 13.5. The van der Waals surface area contributed by atoms with Crippen molar-refractivity contribution in [3.63, 3.8) is 0 Å². The number of para-hydroxylation sites is 1. The topological polar surface area (TPSA) is 44.5 Å². The molecule has 0 aliphatic carbocycles. The summed E-state index contributed by atoms with van der Waals surface area (Å²) in [5.74, 6) is 0.729. The Hall–Kier alpha value is -0.770. The lowest BCUT2D eigenvalue weighted by molar-refractivity contribution is 0.0914. The van der Waals surface area contributed by atoms with Gasteiger partial charge in [0.05, 0.1) is 11.6 Å². The number of nitrogens with two attached hydrogens (primary N) is 1. The third-order valence-electron chi connectivity index (χ3n) is 2.78. The van der Waals surface area contributed by atoms with Gasteiger partial charge >= 0.3 is 0 Å². The smallest absolute Gasteiger partial charge is 0.141 e. The van der Waals surface area contributed by atoms with Crippen LogP contribution in [0.1, 0.15) is 25.8 Å². The quantitative estimate of drug-likeness (QED) is 0.829. The van der Waals surface area contributed by atoms with E-state index in [1.54, 1.807) is 7.11 Å². The number of methoxy groups -OCH3 is 1. The van der Waals surface area contributed by atoms with Crippen LogP contribution in [-0.2, 0) is 11.2 Å². The van der Waals surface area contributed by atoms with Crippen LogP contribution < -0.4 is 10.5 Å². The minimum atomic E-state index is -0.0356. The van der Waals surface area contributed by atoms with Gasteiger partial charge in [-0.15, -0.1) is 0 Å². The molecule has 0 saturated carbocycles. The summed E-state index contributed by atoms with van der Waals surface area (Å²) in [7, 11) is 1.65. The van der Waals surface area contributed by atoms with E-state index in [2.05, 4.69) is 6.92 Å². The lowest BCUT2D eigenvalue weighted by Crippen LogP contribution is -2.23. The molecule has 4 heteroatoms. The van der Waals surface area contributed by atoms with Crippen LogP contribution in [0.3, 0.4) is 0 Å². The molecule has 0 amide bonds. The molecule has 0 aliphatic heterocycles. The molecule has 1 aromatic rings. The standard InChI is InChI=1S/C14H22ClNO2/c1-4-12(16)8-11-6-5-7-13(15)14(11)18-10(2)9-17-3/h5-7,10,12H,4,8-9,16H2,1-3H3. The lowest BCUT2D eigenvalue weighted by Gasteiger charge is -2.19. The number of hydrogen-bond donors (Lipinski definition) is 1. The molecule has 3 nitrogen and oxygen atoms in total. The third kappa shape index (κ3) is 4.48. The maximum atomic E-state index is 6.19. The molecule has 0 heterocycles. The van der Waals surface area contributed by atoms with Crippen molar-refractivity contribution in [1.82, 2.24) is 0 Å². The molecule has 102 valence electrons. The summed E-state index contributed by atoms with van der Waals surface area (Å²) in [4.78, 5) is 0. The van der Waals surface area contributed by atoms with Crippen LogP contribution in [0.5, 0.6) is 5.75 Å². The fourth-order valence-corrected chi connectivity index (χ4v) is 1.98. The van der Waals surface area contributed by atoms with Crippen molar-refractivity contribution in [3.8, 4) is 5.75 Å². The minimum absolute atomic E-state index is 0.0356. The predicted molar refractivity (Wildman–Crippen MR) is 75.4 cm³/mol. The molecule has 2 N–H and O–H groups in total. The summed E-state index contributed by atoms with van der Waals surface area (Å²) < 4.78 is 10.9. The van der Waals surface area contributed by atoms with Crippen LogP contribution in [0.15, 0.2) is 18.2 Å². The first kappa shape index (κ1) is 15.3. The van der Waals surface area contributed by atoms with E-state index in [0.29, 0.717) is 11.6 Å². The van der Waals surface area contributed by atoms with E-state index in [0.717, 1.165) is 24.2 Å². The molecule has 0 aliphatic rings. The van der Waals surface area contributed by atoms with Gasteiger partial charge in [-0.1, -0.05) is 30.7 Å². The van der Waals surface area contributed by atoms with Crippen molar-refractivity contribution < 1.29 is 9.47 Å². The van der Waals surface area contributed by atoms with E-state index in [9.17, 15) is 0 Å². The van der Waals surface area contributed by atoms with Gasteiger partial charge in [0.25, 0.3) is 0 Å². The Balaban J connectivity index is 2.86. The highest BCUT2D eigenvalue weighted by Gasteiger charge is 2.14. The zero-order valence-corrected chi connectivity index (χ0v) is 12.0. The van der Waals surface area contributed by atoms with Crippen LogP contribution in [0.4, 0.5) is 0 Å². The Morgan fingerprint density at radius 3 is 2.72 bits per heavy atom. The van der Waals surface area contributed by atoms with Gasteiger partial charge in [0.15, 0.2) is 0 Å². The van der Waals surface area contributed by atoms with Gasteiger partial charge in [-0.05, 0) is 31.4 Å². The lowest BCUT2D eigenvalue weighted by atomic mass is 10.0. The molecule has 0 saturated heterocycles. The van der Waals surface area contributed by atoms with E-state index in [1.165, 1.54) is 0 Å². The summed E-state index contributed by atoms with van der Waals surface area (Å²) in [5, 5.41) is 0.624. The van der Waals surface area contributed by atoms with Crippen molar-refractivity contribution in [2.75, 3.05) is 13.7 Å². The fourth-order valence-electron chi connectivity index (χ4n) is 1.74. The van der Waals surface area contributed by atoms with Crippen molar-refractivity contribution in [2.24, 2.45) is 5.73 Å². The van der Waals surface area contributed by atoms with Gasteiger partial charge in [-0.3, -0.25) is 0 Å². The Kier molecular flexibility index (Phi) is 6.47. The molecule has 0 aromatic heterocycles. The van der Waals surface area contributed by atoms with Gasteiger partial charge < -0.3 is 15.2 Å². The highest BCUT2D eigenvalue weighted by atomic mass is 35.5. The normalized spacial score (nSPS) is 14.3. The van der Waals surface area contributed by atoms with E-state index in [-0.39, 0.29) is 12.1 Å². The number of rotatable bonds is 7. The highest BCUT2D eigenvalue weighted by Crippen LogP contribution is 2.30. The van der Waals surface area contributed by atoms with Gasteiger partial charge in [-0.25, -0.2) is 0 Å². The molecule has 0 spiro atoms. The highest BCUT2D eigenvalue weighted by molar-refractivity contribution is 6.32. The molecule has 2 atom stereocenters. The molecule has 2 unspecified atom stereocenters. The average molecular weight is 272 g/mol. The van der Waals surface area contributed by atoms with Crippen molar-refractivity contribution in [2.45, 2.75) is 38.8 Å². The van der Waals surface area contributed by atoms with Crippen molar-refractivity contribution >= 4 is 11.6 Å². The molecule has 0 radical (unpaired) electrons. The number of hydrogen-bond acceptors (Lipinski definition) is 3. The number of halogens is 1. The van der Waals surface area contributed by atoms with Crippen LogP contribution in [0.25, 0.3) is 0 Å². The largest absolute Gasteiger partial charge is 0.486 e. The van der Waals surface area contributed by atoms with E-state index < -0.39 is 0 Å². The summed E-state index contributed by atoms with van der Waals surface area (Å²) in [5.41, 5.74) is 7.05. The molecule has 0 bridgehead atoms. The molecular weight excluding hydrogens is 250 g/mol. The second kappa shape index (κ2) is 7.62. The van der Waals surface area contributed by atoms with E-state index >= 15 is 0 Å². The zero-order valence-electron chi connectivity index (χ0n) is 11.3. The third-order valence-corrected chi connectivity index (χ3v) is 3.07. The predicted octanol–water partition coefficient (Wildman–Crippen LogP) is 3.03. The fraction of sp³-hybridized carbons (Fsp3) is 0.571. The summed E-state index contributed by atoms with van der Waals surface area (Å²) >= 11 is 6.19. The molecule has 18 heavy (non-hydrogen) atoms. The van der Waals surface area contributed by atoms with Crippen LogP contribution in [-0.4, -0.2) is 25.9 Å². The maximum absolute atomic E-state index is 6.19. The summed E-state index contributed by atoms with van der Waals surface area (Å²) in [6, 6.07) is 5.89. The van der Waals surface area contributed by atoms with Crippen molar-refractivity contribution in [1.29, 1.82) is 0 Å². The van der Waals surface area contributed by atoms with E-state index in [4.69, 9.17) is 26.8 Å². The first-order valence-electron chi connectivity index (χ1n) is 6.27. The van der Waals surface area contributed by atoms with Gasteiger partial charge in [0.2, 0.25) is 0 Å².